The van der Waals surface area contributed by atoms with Crippen LogP contribution in [0.5, 0.6) is 11.5 Å². The van der Waals surface area contributed by atoms with Crippen LogP contribution in [0.3, 0.4) is 0 Å². The molecule has 25 heteroatoms. The van der Waals surface area contributed by atoms with Gasteiger partial charge >= 0.3 is 0 Å². The molecule has 814 valence electrons. The van der Waals surface area contributed by atoms with Crippen molar-refractivity contribution < 1.29 is 100 Å². The molecule has 2 fully saturated rings. The zero-order valence-corrected chi connectivity index (χ0v) is 93.4. The summed E-state index contributed by atoms with van der Waals surface area (Å²) in [5.41, 5.74) is 1.98. The summed E-state index contributed by atoms with van der Waals surface area (Å²) >= 11 is 0. The fourth-order valence-corrected chi connectivity index (χ4v) is 14.2. The van der Waals surface area contributed by atoms with E-state index in [0.29, 0.717) is 153 Å². The van der Waals surface area contributed by atoms with Crippen molar-refractivity contribution in [3.8, 4) is 11.5 Å². The molecule has 2 aromatic carbocycles. The van der Waals surface area contributed by atoms with Gasteiger partial charge in [0.05, 0.1) is 85.2 Å². The molecule has 2 saturated heterocycles. The molecule has 0 bridgehead atoms. The third kappa shape index (κ3) is 79.3. The van der Waals surface area contributed by atoms with Crippen molar-refractivity contribution in [1.29, 1.82) is 0 Å². The SMILES string of the molecule is CC(C)C(=O)CCCCCCC(=O)C(C)C.CC(C)C(=O)CCCCCCCCCNC(=O)C1CCN(C(C)C)CC1.CC(C)C(=O)CCCCCCCCCNC(=O)C1CN(C(C)C)C1.CC(C)C(=O)CCCCCCCOc1cccc(CC(=O)C(C)C)c1.CC(C)C(=O)COCCOCCOCCOCCOCC(=O)C(C)C.CC(C)C(=O)COCCOCCOc1cccc(CC(=O)C(C)C)c1. The third-order valence-electron chi connectivity index (χ3n) is 25.0. The average Bonchev–Trinajstić information content (AvgIpc) is 0.833. The molecule has 0 spiro atoms. The van der Waals surface area contributed by atoms with Crippen molar-refractivity contribution in [2.24, 2.45) is 71.0 Å². The minimum Gasteiger partial charge on any atom is -0.494 e. The van der Waals surface area contributed by atoms with E-state index in [2.05, 4.69) is 48.1 Å². The number of piperidine rings is 1. The van der Waals surface area contributed by atoms with Gasteiger partial charge < -0.3 is 58.2 Å². The first-order valence-corrected chi connectivity index (χ1v) is 54.8. The van der Waals surface area contributed by atoms with Crippen LogP contribution in [0, 0.1) is 71.0 Å². The van der Waals surface area contributed by atoms with Crippen LogP contribution >= 0.6 is 0 Å². The second-order valence-electron chi connectivity index (χ2n) is 41.8. The van der Waals surface area contributed by atoms with Crippen LogP contribution in [0.15, 0.2) is 48.5 Å². The largest absolute Gasteiger partial charge is 0.494 e. The summed E-state index contributed by atoms with van der Waals surface area (Å²) in [5.74, 6) is 6.17. The van der Waals surface area contributed by atoms with Gasteiger partial charge in [-0.2, -0.15) is 0 Å². The lowest BCUT2D eigenvalue weighted by molar-refractivity contribution is -0.131. The van der Waals surface area contributed by atoms with Gasteiger partial charge in [0.25, 0.3) is 0 Å². The highest BCUT2D eigenvalue weighted by Crippen LogP contribution is 2.24. The van der Waals surface area contributed by atoms with Gasteiger partial charge in [-0.25, -0.2) is 0 Å². The maximum absolute atomic E-state index is 12.2. The van der Waals surface area contributed by atoms with Crippen molar-refractivity contribution in [3.63, 3.8) is 0 Å². The van der Waals surface area contributed by atoms with E-state index in [1.54, 1.807) is 0 Å². The number of benzene rings is 2. The van der Waals surface area contributed by atoms with E-state index in [1.807, 2.05) is 187 Å². The van der Waals surface area contributed by atoms with Crippen molar-refractivity contribution in [2.75, 3.05) is 145 Å². The summed E-state index contributed by atoms with van der Waals surface area (Å²) in [4.78, 5) is 144. The number of ketones is 10. The third-order valence-corrected chi connectivity index (χ3v) is 25.0. The van der Waals surface area contributed by atoms with Gasteiger partial charge in [-0.3, -0.25) is 62.4 Å². The Hall–Kier alpha value is -6.68. The van der Waals surface area contributed by atoms with E-state index in [0.717, 1.165) is 177 Å². The Morgan fingerprint density at radius 2 is 0.504 bits per heavy atom. The number of rotatable bonds is 79. The number of Topliss-reactive ketones (excluding diaryl/α,β-unsaturated/α-hetero) is 10. The molecule has 0 radical (unpaired) electrons. The first kappa shape index (κ1) is 136. The molecule has 2 aliphatic rings. The van der Waals surface area contributed by atoms with Gasteiger partial charge in [0.15, 0.2) is 17.3 Å². The summed E-state index contributed by atoms with van der Waals surface area (Å²) in [5, 5.41) is 6.21. The van der Waals surface area contributed by atoms with E-state index >= 15 is 0 Å². The summed E-state index contributed by atoms with van der Waals surface area (Å²) in [7, 11) is 0. The van der Waals surface area contributed by atoms with E-state index in [4.69, 9.17) is 42.6 Å². The molecule has 141 heavy (non-hydrogen) atoms. The lowest BCUT2D eigenvalue weighted by atomic mass is 9.95. The molecule has 2 aromatic rings. The number of unbranched alkanes of at least 4 members (excludes halogenated alkanes) is 19. The second-order valence-corrected chi connectivity index (χ2v) is 41.8. The van der Waals surface area contributed by atoms with Gasteiger partial charge in [-0.1, -0.05) is 259 Å². The van der Waals surface area contributed by atoms with Crippen LogP contribution in [0.1, 0.15) is 370 Å². The normalized spacial score (nSPS) is 12.9. The zero-order valence-electron chi connectivity index (χ0n) is 93.4. The van der Waals surface area contributed by atoms with Crippen LogP contribution in [-0.4, -0.2) is 237 Å². The predicted molar refractivity (Wildman–Crippen MR) is 570 cm³/mol. The maximum atomic E-state index is 12.2. The molecule has 0 unspecified atom stereocenters. The Morgan fingerprint density at radius 3 is 0.780 bits per heavy atom. The monoisotopic (exact) mass is 1990 g/mol. The summed E-state index contributed by atoms with van der Waals surface area (Å²) in [6.07, 6.45) is 32.5. The lowest BCUT2D eigenvalue weighted by Gasteiger charge is -2.41. The Bertz CT molecular complexity index is 3420. The van der Waals surface area contributed by atoms with Crippen molar-refractivity contribution in [2.45, 2.75) is 384 Å². The highest BCUT2D eigenvalue weighted by Gasteiger charge is 2.34. The number of amides is 2. The summed E-state index contributed by atoms with van der Waals surface area (Å²) in [6, 6.07) is 16.6. The Balaban J connectivity index is 0. The first-order valence-electron chi connectivity index (χ1n) is 54.8. The number of hydrogen-bond acceptors (Lipinski definition) is 23. The number of nitrogens with one attached hydrogen (secondary N) is 2. The number of nitrogens with zero attached hydrogens (tertiary/aromatic N) is 2. The first-order chi connectivity index (χ1) is 67.0. The van der Waals surface area contributed by atoms with Crippen LogP contribution in [-0.2, 0) is 104 Å². The maximum Gasteiger partial charge on any atom is 0.225 e. The second kappa shape index (κ2) is 88.6. The smallest absolute Gasteiger partial charge is 0.225 e. The number of ether oxygens (including phenoxy) is 9. The van der Waals surface area contributed by atoms with Crippen LogP contribution in [0.2, 0.25) is 0 Å². The van der Waals surface area contributed by atoms with E-state index in [-0.39, 0.29) is 132 Å². The highest BCUT2D eigenvalue weighted by molar-refractivity contribution is 5.85. The Kier molecular flexibility index (Phi) is 85.7. The van der Waals surface area contributed by atoms with Gasteiger partial charge in [0.1, 0.15) is 78.4 Å². The molecule has 0 aliphatic carbocycles. The number of likely N-dealkylation sites (tertiary alicyclic amines) is 2. The molecule has 2 aliphatic heterocycles. The van der Waals surface area contributed by atoms with Crippen LogP contribution in [0.25, 0.3) is 0 Å². The summed E-state index contributed by atoms with van der Waals surface area (Å²) < 4.78 is 48.5. The van der Waals surface area contributed by atoms with Crippen LogP contribution in [0.4, 0.5) is 0 Å². The number of hydrogen-bond donors (Lipinski definition) is 2. The topological polar surface area (TPSA) is 318 Å². The highest BCUT2D eigenvalue weighted by atomic mass is 16.6. The average molecular weight is 1990 g/mol. The molecule has 0 saturated carbocycles. The predicted octanol–water partition coefficient (Wildman–Crippen LogP) is 22.1. The Labute approximate surface area is 856 Å². The number of carbonyl (C=O) groups is 12. The van der Waals surface area contributed by atoms with E-state index in [1.165, 1.54) is 64.2 Å². The molecule has 0 atom stereocenters. The fourth-order valence-electron chi connectivity index (χ4n) is 14.2. The molecule has 4 rings (SSSR count). The quantitative estimate of drug-likeness (QED) is 0.0581. The molecular formula is C116H204N4O21. The summed E-state index contributed by atoms with van der Waals surface area (Å²) in [6.45, 7) is 59.2. The van der Waals surface area contributed by atoms with Crippen LogP contribution < -0.4 is 20.1 Å². The van der Waals surface area contributed by atoms with Crippen molar-refractivity contribution in [1.82, 2.24) is 20.4 Å². The number of carbonyl (C=O) groups excluding carboxylic acids is 12. The Morgan fingerprint density at radius 1 is 0.262 bits per heavy atom. The molecule has 0 aromatic heterocycles. The minimum absolute atomic E-state index is 0.000846. The molecule has 25 nitrogen and oxygen atoms in total. The molecular weight excluding hydrogens is 1790 g/mol. The van der Waals surface area contributed by atoms with E-state index in [9.17, 15) is 57.5 Å². The van der Waals surface area contributed by atoms with Gasteiger partial charge in [0.2, 0.25) is 11.8 Å². The standard InChI is InChI=1S/C22H42N2O2.C22H34O3.C20H38N2O2.C20H30O5.C18H34O7.C14H26O2/c1-18(2)21(25)12-10-8-6-5-7-9-11-15-23-22(26)20-13-16-24(17-14-20)19(3)4;1-17(2)21(23)13-8-6-5-7-9-14-25-20-12-10-11-19(15-20)16-22(24)18(3)4;1-16(2)19(23)12-10-8-6-5-7-9-11-13-21-20(24)18-14-22(15-18)17(3)4;1-15(2)19(21)13-17-6-5-7-18(12-17)25-11-10-23-8-9-24-14-20(22)16(3)4;1-15(2)17(19)13-24-11-9-22-7-5-21-6-8-23-10-12-25-14-18(20)16(3)4;1-11(2)13(15)9-7-5-6-8-10-14(16)12(3)4/h18-20H,5-17H2,1-4H3,(H,23,26);10-12,15,17-18H,5-9,13-14,16H2,1-4H3;16-18H,5-15H2,1-4H3,(H,21,24);5-7,12,15-16H,8-11,13-14H2,1-4H3;15-16H,5-14H2,1-4H3;11-12H,5-10H2,1-4H3. The van der Waals surface area contributed by atoms with Gasteiger partial charge in [0, 0.05) is 148 Å². The van der Waals surface area contributed by atoms with Crippen molar-refractivity contribution in [3.05, 3.63) is 59.7 Å². The zero-order chi connectivity index (χ0) is 106. The molecule has 2 heterocycles. The fraction of sp³-hybridized carbons (Fsp3) is 0.793. The van der Waals surface area contributed by atoms with E-state index < -0.39 is 0 Å². The van der Waals surface area contributed by atoms with Gasteiger partial charge in [-0.15, -0.1) is 0 Å². The minimum atomic E-state index is 0.000846. The van der Waals surface area contributed by atoms with Crippen molar-refractivity contribution >= 4 is 69.6 Å². The lowest BCUT2D eigenvalue weighted by Crippen LogP contribution is -2.55. The molecule has 2 N–H and O–H groups in total. The van der Waals surface area contributed by atoms with Gasteiger partial charge in [-0.05, 0) is 140 Å². The molecule has 2 amide bonds.